The van der Waals surface area contributed by atoms with E-state index in [1.54, 1.807) is 5.38 Å². The summed E-state index contributed by atoms with van der Waals surface area (Å²) in [6.07, 6.45) is 4.47. The molecule has 0 spiro atoms. The van der Waals surface area contributed by atoms with Crippen LogP contribution in [0.15, 0.2) is 16.3 Å². The Morgan fingerprint density at radius 3 is 2.69 bits per heavy atom. The molecule has 1 aliphatic rings. The van der Waals surface area contributed by atoms with Crippen molar-refractivity contribution in [1.29, 1.82) is 0 Å². The third-order valence-corrected chi connectivity index (χ3v) is 8.47. The van der Waals surface area contributed by atoms with E-state index >= 15 is 0 Å². The Bertz CT molecular complexity index is 880. The second-order valence-corrected chi connectivity index (χ2v) is 10.1. The smallest absolute Gasteiger partial charge is 0.268 e. The molecule has 2 aromatic rings. The summed E-state index contributed by atoms with van der Waals surface area (Å²) in [5.74, 6) is -0.405. The van der Waals surface area contributed by atoms with Gasteiger partial charge in [0.15, 0.2) is 5.13 Å². The van der Waals surface area contributed by atoms with Crippen molar-refractivity contribution in [3.63, 3.8) is 0 Å². The summed E-state index contributed by atoms with van der Waals surface area (Å²) < 4.78 is 27.1. The second kappa shape index (κ2) is 8.16. The fraction of sp³-hybridized carbons (Fsp3) is 0.529. The molecule has 142 valence electrons. The van der Waals surface area contributed by atoms with Gasteiger partial charge in [0.1, 0.15) is 9.77 Å². The lowest BCUT2D eigenvalue weighted by Crippen LogP contribution is -2.29. The van der Waals surface area contributed by atoms with Gasteiger partial charge in [-0.25, -0.2) is 13.4 Å². The molecule has 0 atom stereocenters. The summed E-state index contributed by atoms with van der Waals surface area (Å²) in [7, 11) is -3.61. The normalized spacial score (nSPS) is 15.5. The van der Waals surface area contributed by atoms with Crippen LogP contribution >= 0.6 is 22.7 Å². The number of thiazole rings is 1. The zero-order chi connectivity index (χ0) is 18.7. The number of aromatic nitrogens is 1. The highest BCUT2D eigenvalue weighted by atomic mass is 32.2. The third kappa shape index (κ3) is 3.85. The minimum absolute atomic E-state index is 0.1000. The zero-order valence-corrected chi connectivity index (χ0v) is 17.4. The summed E-state index contributed by atoms with van der Waals surface area (Å²) in [4.78, 5) is 18.7. The Morgan fingerprint density at radius 2 is 2.04 bits per heavy atom. The summed E-state index contributed by atoms with van der Waals surface area (Å²) in [6.45, 7) is 5.20. The van der Waals surface area contributed by atoms with Gasteiger partial charge in [-0.05, 0) is 37.1 Å². The van der Waals surface area contributed by atoms with Gasteiger partial charge in [-0.3, -0.25) is 10.1 Å². The maximum atomic E-state index is 12.8. The van der Waals surface area contributed by atoms with Gasteiger partial charge in [-0.1, -0.05) is 20.3 Å². The summed E-state index contributed by atoms with van der Waals surface area (Å²) in [5.41, 5.74) is 1.02. The molecule has 26 heavy (non-hydrogen) atoms. The summed E-state index contributed by atoms with van der Waals surface area (Å²) in [5, 5.41) is 4.98. The van der Waals surface area contributed by atoms with Crippen molar-refractivity contribution in [1.82, 2.24) is 9.29 Å². The van der Waals surface area contributed by atoms with Crippen molar-refractivity contribution in [2.75, 3.05) is 18.4 Å². The van der Waals surface area contributed by atoms with E-state index in [0.717, 1.165) is 49.1 Å². The van der Waals surface area contributed by atoms with Crippen LogP contribution < -0.4 is 5.32 Å². The molecule has 1 amide bonds. The molecule has 1 aliphatic heterocycles. The highest BCUT2D eigenvalue weighted by molar-refractivity contribution is 7.89. The minimum atomic E-state index is -3.61. The fourth-order valence-corrected chi connectivity index (χ4v) is 6.79. The number of amides is 1. The predicted molar refractivity (Wildman–Crippen MR) is 106 cm³/mol. The van der Waals surface area contributed by atoms with E-state index in [9.17, 15) is 13.2 Å². The lowest BCUT2D eigenvalue weighted by Gasteiger charge is -2.15. The second-order valence-electron chi connectivity index (χ2n) is 6.17. The van der Waals surface area contributed by atoms with E-state index < -0.39 is 15.9 Å². The molecule has 3 heterocycles. The van der Waals surface area contributed by atoms with Crippen LogP contribution in [0.3, 0.4) is 0 Å². The fourth-order valence-electron chi connectivity index (χ4n) is 3.03. The van der Waals surface area contributed by atoms with Gasteiger partial charge < -0.3 is 0 Å². The number of thiophene rings is 1. The van der Waals surface area contributed by atoms with Gasteiger partial charge in [0.05, 0.1) is 5.69 Å². The van der Waals surface area contributed by atoms with E-state index in [1.807, 2.05) is 0 Å². The first-order valence-corrected chi connectivity index (χ1v) is 12.0. The molecule has 0 unspecified atom stereocenters. The largest absolute Gasteiger partial charge is 0.297 e. The molecule has 1 N–H and O–H groups in total. The van der Waals surface area contributed by atoms with Crippen molar-refractivity contribution in [3.05, 3.63) is 26.9 Å². The van der Waals surface area contributed by atoms with Gasteiger partial charge in [0, 0.05) is 18.0 Å². The maximum Gasteiger partial charge on any atom is 0.268 e. The molecule has 9 heteroatoms. The van der Waals surface area contributed by atoms with Crippen LogP contribution in [-0.4, -0.2) is 36.7 Å². The van der Waals surface area contributed by atoms with E-state index in [2.05, 4.69) is 24.1 Å². The number of nitrogens with one attached hydrogen (secondary N) is 1. The zero-order valence-electron chi connectivity index (χ0n) is 14.9. The van der Waals surface area contributed by atoms with Crippen molar-refractivity contribution < 1.29 is 13.2 Å². The number of carbonyl (C=O) groups excluding carboxylic acids is 1. The number of hydrogen-bond acceptors (Lipinski definition) is 6. The van der Waals surface area contributed by atoms with Crippen LogP contribution in [-0.2, 0) is 22.9 Å². The SMILES string of the molecule is CCCc1nc(NC(=O)c2sccc2S(=O)(=O)N2CCCC2)sc1CC. The molecule has 3 rings (SSSR count). The first-order chi connectivity index (χ1) is 12.5. The number of carbonyl (C=O) groups is 1. The first kappa shape index (κ1) is 19.5. The average molecular weight is 414 g/mol. The monoisotopic (exact) mass is 413 g/mol. The van der Waals surface area contributed by atoms with Crippen LogP contribution in [0.5, 0.6) is 0 Å². The van der Waals surface area contributed by atoms with Crippen molar-refractivity contribution in [2.24, 2.45) is 0 Å². The number of aryl methyl sites for hydroxylation is 2. The molecule has 0 aromatic carbocycles. The van der Waals surface area contributed by atoms with E-state index in [1.165, 1.54) is 26.6 Å². The standard InChI is InChI=1S/C17H23N3O3S3/c1-3-7-12-13(4-2)25-17(18-12)19-16(21)15-14(8-11-24-15)26(22,23)20-9-5-6-10-20/h8,11H,3-7,9-10H2,1-2H3,(H,18,19,21). The molecule has 0 radical (unpaired) electrons. The molecule has 0 bridgehead atoms. The van der Waals surface area contributed by atoms with Gasteiger partial charge in [-0.15, -0.1) is 22.7 Å². The molecule has 1 saturated heterocycles. The van der Waals surface area contributed by atoms with E-state index in [4.69, 9.17) is 0 Å². The molecule has 1 fully saturated rings. The first-order valence-electron chi connectivity index (χ1n) is 8.85. The lowest BCUT2D eigenvalue weighted by atomic mass is 10.2. The van der Waals surface area contributed by atoms with Gasteiger partial charge in [0.25, 0.3) is 5.91 Å². The topological polar surface area (TPSA) is 79.4 Å². The third-order valence-electron chi connectivity index (χ3n) is 4.32. The molecule has 0 aliphatic carbocycles. The molecule has 2 aromatic heterocycles. The van der Waals surface area contributed by atoms with Crippen LogP contribution in [0.4, 0.5) is 5.13 Å². The number of nitrogens with zero attached hydrogens (tertiary/aromatic N) is 2. The summed E-state index contributed by atoms with van der Waals surface area (Å²) >= 11 is 2.61. The Hall–Kier alpha value is -1.29. The molecular weight excluding hydrogens is 390 g/mol. The Balaban J connectivity index is 1.83. The van der Waals surface area contributed by atoms with Crippen LogP contribution in [0, 0.1) is 0 Å². The van der Waals surface area contributed by atoms with E-state index in [0.29, 0.717) is 18.2 Å². The lowest BCUT2D eigenvalue weighted by molar-refractivity contribution is 0.102. The van der Waals surface area contributed by atoms with Crippen LogP contribution in [0.2, 0.25) is 0 Å². The van der Waals surface area contributed by atoms with Crippen molar-refractivity contribution >= 4 is 43.7 Å². The van der Waals surface area contributed by atoms with Crippen LogP contribution in [0.1, 0.15) is 53.4 Å². The Morgan fingerprint density at radius 1 is 1.31 bits per heavy atom. The Labute approximate surface area is 162 Å². The predicted octanol–water partition coefficient (Wildman–Crippen LogP) is 3.76. The highest BCUT2D eigenvalue weighted by Crippen LogP contribution is 2.30. The number of sulfonamides is 1. The number of rotatable bonds is 7. The molecule has 6 nitrogen and oxygen atoms in total. The molecular formula is C17H23N3O3S3. The average Bonchev–Trinajstić information content (AvgIpc) is 3.35. The van der Waals surface area contributed by atoms with Crippen LogP contribution in [0.25, 0.3) is 0 Å². The van der Waals surface area contributed by atoms with Crippen molar-refractivity contribution in [2.45, 2.75) is 50.8 Å². The van der Waals surface area contributed by atoms with Crippen molar-refractivity contribution in [3.8, 4) is 0 Å². The highest BCUT2D eigenvalue weighted by Gasteiger charge is 2.32. The Kier molecular flexibility index (Phi) is 6.11. The minimum Gasteiger partial charge on any atom is -0.297 e. The molecule has 0 saturated carbocycles. The summed E-state index contributed by atoms with van der Waals surface area (Å²) in [6, 6.07) is 1.52. The number of hydrogen-bond donors (Lipinski definition) is 1. The van der Waals surface area contributed by atoms with E-state index in [-0.39, 0.29) is 9.77 Å². The van der Waals surface area contributed by atoms with Gasteiger partial charge in [0.2, 0.25) is 10.0 Å². The quantitative estimate of drug-likeness (QED) is 0.750. The van der Waals surface area contributed by atoms with Gasteiger partial charge in [-0.2, -0.15) is 4.31 Å². The maximum absolute atomic E-state index is 12.8. The van der Waals surface area contributed by atoms with Gasteiger partial charge >= 0.3 is 0 Å². The number of anilines is 1.